The summed E-state index contributed by atoms with van der Waals surface area (Å²) in [6.45, 7) is 13.0. The monoisotopic (exact) mass is 309 g/mol. The van der Waals surface area contributed by atoms with E-state index in [1.165, 1.54) is 0 Å². The quantitative estimate of drug-likeness (QED) is 0.926. The molecule has 1 aromatic rings. The smallest absolute Gasteiger partial charge is 0.410 e. The topological polar surface area (TPSA) is 67.6 Å². The van der Waals surface area contributed by atoms with E-state index in [1.54, 1.807) is 4.90 Å². The van der Waals surface area contributed by atoms with Crippen LogP contribution in [0.3, 0.4) is 0 Å². The number of amides is 1. The Morgan fingerprint density at radius 3 is 2.55 bits per heavy atom. The van der Waals surface area contributed by atoms with Crippen LogP contribution >= 0.6 is 0 Å². The van der Waals surface area contributed by atoms with Crippen molar-refractivity contribution in [3.63, 3.8) is 0 Å². The molecule has 1 saturated heterocycles. The number of ether oxygens (including phenoxy) is 1. The summed E-state index contributed by atoms with van der Waals surface area (Å²) in [6, 6.07) is 0.489. The molecule has 0 saturated carbocycles. The number of nitrogens with one attached hydrogen (secondary N) is 1. The van der Waals surface area contributed by atoms with E-state index < -0.39 is 5.60 Å². The van der Waals surface area contributed by atoms with Crippen LogP contribution < -0.4 is 5.32 Å². The first-order valence-electron chi connectivity index (χ1n) is 7.88. The molecule has 1 aromatic heterocycles. The summed E-state index contributed by atoms with van der Waals surface area (Å²) in [6.07, 6.45) is 0.710. The van der Waals surface area contributed by atoms with E-state index in [2.05, 4.69) is 17.4 Å². The SMILES string of the molecule is CCC(NC1CN(C(=O)OC(C)(C)C)C1)c1c(C)noc1C. The first kappa shape index (κ1) is 16.8. The van der Waals surface area contributed by atoms with E-state index in [0.29, 0.717) is 13.1 Å². The van der Waals surface area contributed by atoms with E-state index in [1.807, 2.05) is 34.6 Å². The van der Waals surface area contributed by atoms with E-state index in [4.69, 9.17) is 9.26 Å². The van der Waals surface area contributed by atoms with Gasteiger partial charge in [-0.2, -0.15) is 0 Å². The zero-order valence-corrected chi connectivity index (χ0v) is 14.4. The molecule has 2 rings (SSSR count). The molecule has 0 aliphatic carbocycles. The van der Waals surface area contributed by atoms with E-state index in [0.717, 1.165) is 23.4 Å². The summed E-state index contributed by atoms with van der Waals surface area (Å²) in [5.74, 6) is 0.861. The molecule has 0 spiro atoms. The predicted octanol–water partition coefficient (Wildman–Crippen LogP) is 2.95. The van der Waals surface area contributed by atoms with Crippen molar-refractivity contribution in [3.8, 4) is 0 Å². The molecule has 1 aliphatic rings. The fourth-order valence-corrected chi connectivity index (χ4v) is 2.74. The highest BCUT2D eigenvalue weighted by atomic mass is 16.6. The number of nitrogens with zero attached hydrogens (tertiary/aromatic N) is 2. The Kier molecular flexibility index (Phi) is 4.80. The lowest BCUT2D eigenvalue weighted by Gasteiger charge is -2.41. The summed E-state index contributed by atoms with van der Waals surface area (Å²) in [7, 11) is 0. The number of hydrogen-bond acceptors (Lipinski definition) is 5. The fourth-order valence-electron chi connectivity index (χ4n) is 2.74. The zero-order chi connectivity index (χ0) is 16.5. The molecule has 1 atom stereocenters. The van der Waals surface area contributed by atoms with Crippen LogP contribution in [-0.2, 0) is 4.74 Å². The third-order valence-electron chi connectivity index (χ3n) is 3.82. The first-order chi connectivity index (χ1) is 10.2. The minimum Gasteiger partial charge on any atom is -0.444 e. The Morgan fingerprint density at radius 1 is 1.45 bits per heavy atom. The van der Waals surface area contributed by atoms with Crippen molar-refractivity contribution in [2.45, 2.75) is 65.6 Å². The van der Waals surface area contributed by atoms with Gasteiger partial charge in [0, 0.05) is 30.7 Å². The third kappa shape index (κ3) is 3.80. The van der Waals surface area contributed by atoms with Gasteiger partial charge in [-0.25, -0.2) is 4.79 Å². The first-order valence-corrected chi connectivity index (χ1v) is 7.88. The maximum absolute atomic E-state index is 11.9. The van der Waals surface area contributed by atoms with Crippen molar-refractivity contribution in [3.05, 3.63) is 17.0 Å². The molecule has 0 aromatic carbocycles. The predicted molar refractivity (Wildman–Crippen MR) is 83.7 cm³/mol. The highest BCUT2D eigenvalue weighted by Crippen LogP contribution is 2.26. The third-order valence-corrected chi connectivity index (χ3v) is 3.82. The number of aryl methyl sites for hydroxylation is 2. The Bertz CT molecular complexity index is 508. The highest BCUT2D eigenvalue weighted by Gasteiger charge is 2.35. The van der Waals surface area contributed by atoms with Crippen molar-refractivity contribution in [1.29, 1.82) is 0 Å². The number of likely N-dealkylation sites (tertiary alicyclic amines) is 1. The lowest BCUT2D eigenvalue weighted by atomic mass is 10.00. The van der Waals surface area contributed by atoms with Crippen molar-refractivity contribution in [1.82, 2.24) is 15.4 Å². The molecule has 124 valence electrons. The maximum atomic E-state index is 11.9. The number of hydrogen-bond donors (Lipinski definition) is 1. The lowest BCUT2D eigenvalue weighted by molar-refractivity contribution is 0.00405. The molecular weight excluding hydrogens is 282 g/mol. The van der Waals surface area contributed by atoms with Crippen LogP contribution in [0.25, 0.3) is 0 Å². The average Bonchev–Trinajstić information content (AvgIpc) is 2.66. The van der Waals surface area contributed by atoms with Crippen LogP contribution in [0.1, 0.15) is 57.2 Å². The molecule has 22 heavy (non-hydrogen) atoms. The van der Waals surface area contributed by atoms with Crippen LogP contribution in [0, 0.1) is 13.8 Å². The molecular formula is C16H27N3O3. The van der Waals surface area contributed by atoms with Crippen molar-refractivity contribution < 1.29 is 14.1 Å². The molecule has 1 N–H and O–H groups in total. The Hall–Kier alpha value is -1.56. The second kappa shape index (κ2) is 6.28. The second-order valence-corrected chi connectivity index (χ2v) is 6.95. The molecule has 1 amide bonds. The van der Waals surface area contributed by atoms with Crippen LogP contribution in [0.4, 0.5) is 4.79 Å². The molecule has 1 unspecified atom stereocenters. The molecule has 0 bridgehead atoms. The highest BCUT2D eigenvalue weighted by molar-refractivity contribution is 5.69. The summed E-state index contributed by atoms with van der Waals surface area (Å²) in [5.41, 5.74) is 1.62. The molecule has 0 radical (unpaired) electrons. The van der Waals surface area contributed by atoms with Gasteiger partial charge in [0.05, 0.1) is 5.69 Å². The van der Waals surface area contributed by atoms with Gasteiger partial charge in [-0.1, -0.05) is 12.1 Å². The summed E-state index contributed by atoms with van der Waals surface area (Å²) < 4.78 is 10.6. The van der Waals surface area contributed by atoms with Crippen molar-refractivity contribution >= 4 is 6.09 Å². The van der Waals surface area contributed by atoms with Crippen molar-refractivity contribution in [2.24, 2.45) is 0 Å². The van der Waals surface area contributed by atoms with Crippen LogP contribution in [0.15, 0.2) is 4.52 Å². The van der Waals surface area contributed by atoms with Gasteiger partial charge >= 0.3 is 6.09 Å². The summed E-state index contributed by atoms with van der Waals surface area (Å²) in [5, 5.41) is 7.61. The van der Waals surface area contributed by atoms with Gasteiger partial charge in [0.1, 0.15) is 11.4 Å². The lowest BCUT2D eigenvalue weighted by Crippen LogP contribution is -2.61. The normalized spacial score (nSPS) is 17.3. The summed E-state index contributed by atoms with van der Waals surface area (Å²) >= 11 is 0. The number of carbonyl (C=O) groups is 1. The van der Waals surface area contributed by atoms with E-state index >= 15 is 0 Å². The van der Waals surface area contributed by atoms with Gasteiger partial charge in [0.25, 0.3) is 0 Å². The van der Waals surface area contributed by atoms with E-state index in [-0.39, 0.29) is 18.2 Å². The number of aromatic nitrogens is 1. The molecule has 2 heterocycles. The van der Waals surface area contributed by atoms with Gasteiger partial charge in [-0.05, 0) is 41.0 Å². The van der Waals surface area contributed by atoms with E-state index in [9.17, 15) is 4.79 Å². The zero-order valence-electron chi connectivity index (χ0n) is 14.4. The van der Waals surface area contributed by atoms with Crippen LogP contribution in [0.2, 0.25) is 0 Å². The minimum absolute atomic E-state index is 0.206. The minimum atomic E-state index is -0.446. The Labute approximate surface area is 132 Å². The number of rotatable bonds is 4. The number of carbonyl (C=O) groups excluding carboxylic acids is 1. The van der Waals surface area contributed by atoms with Gasteiger partial charge in [-0.15, -0.1) is 0 Å². The standard InChI is InChI=1S/C16H27N3O3/c1-7-13(14-10(2)18-22-11(14)3)17-12-8-19(9-12)15(20)21-16(4,5)6/h12-13,17H,7-9H2,1-6H3. The Balaban J connectivity index is 1.87. The average molecular weight is 309 g/mol. The van der Waals surface area contributed by atoms with Crippen LogP contribution in [-0.4, -0.2) is 40.9 Å². The molecule has 6 heteroatoms. The van der Waals surface area contributed by atoms with Gasteiger partial charge in [-0.3, -0.25) is 0 Å². The molecule has 1 fully saturated rings. The second-order valence-electron chi connectivity index (χ2n) is 6.95. The maximum Gasteiger partial charge on any atom is 0.410 e. The largest absolute Gasteiger partial charge is 0.444 e. The van der Waals surface area contributed by atoms with Gasteiger partial charge < -0.3 is 19.5 Å². The fraction of sp³-hybridized carbons (Fsp3) is 0.750. The molecule has 6 nitrogen and oxygen atoms in total. The Morgan fingerprint density at radius 2 is 2.09 bits per heavy atom. The van der Waals surface area contributed by atoms with Crippen molar-refractivity contribution in [2.75, 3.05) is 13.1 Å². The van der Waals surface area contributed by atoms with Gasteiger partial charge in [0.2, 0.25) is 0 Å². The van der Waals surface area contributed by atoms with Crippen LogP contribution in [0.5, 0.6) is 0 Å². The summed E-state index contributed by atoms with van der Waals surface area (Å²) in [4.78, 5) is 13.7. The molecule has 1 aliphatic heterocycles. The van der Waals surface area contributed by atoms with Gasteiger partial charge in [0.15, 0.2) is 0 Å².